The summed E-state index contributed by atoms with van der Waals surface area (Å²) in [6, 6.07) is 5.68. The Hall–Kier alpha value is -2.25. The number of halogens is 1. The van der Waals surface area contributed by atoms with E-state index in [-0.39, 0.29) is 11.4 Å². The molecule has 2 aromatic rings. The van der Waals surface area contributed by atoms with Crippen molar-refractivity contribution in [3.05, 3.63) is 51.7 Å². The molecule has 0 unspecified atom stereocenters. The van der Waals surface area contributed by atoms with Gasteiger partial charge >= 0.3 is 0 Å². The highest BCUT2D eigenvalue weighted by Gasteiger charge is 2.15. The molecule has 0 aliphatic rings. The maximum absolute atomic E-state index is 13.0. The van der Waals surface area contributed by atoms with Crippen molar-refractivity contribution in [2.75, 3.05) is 20.8 Å². The minimum absolute atomic E-state index is 0.234. The molecule has 0 amide bonds. The third-order valence-electron chi connectivity index (χ3n) is 3.52. The number of nitrogens with one attached hydrogen (secondary N) is 1. The SMILES string of the molecule is COC(CN=C(C)c1c(C)[nH]n(-c2ccc(F)cc2)c1=O)OC. The third kappa shape index (κ3) is 3.75. The topological polar surface area (TPSA) is 68.6 Å². The second kappa shape index (κ2) is 7.34. The molecule has 0 saturated heterocycles. The van der Waals surface area contributed by atoms with Crippen molar-refractivity contribution in [1.82, 2.24) is 9.78 Å². The first kappa shape index (κ1) is 17.1. The van der Waals surface area contributed by atoms with Crippen LogP contribution in [-0.4, -0.2) is 42.5 Å². The molecule has 6 nitrogen and oxygen atoms in total. The summed E-state index contributed by atoms with van der Waals surface area (Å²) in [6.45, 7) is 3.84. The predicted octanol–water partition coefficient (Wildman–Crippen LogP) is 2.04. The zero-order valence-electron chi connectivity index (χ0n) is 13.6. The number of aryl methyl sites for hydroxylation is 1. The van der Waals surface area contributed by atoms with Crippen molar-refractivity contribution in [2.45, 2.75) is 20.1 Å². The van der Waals surface area contributed by atoms with Crippen molar-refractivity contribution < 1.29 is 13.9 Å². The van der Waals surface area contributed by atoms with Gasteiger partial charge in [0.25, 0.3) is 5.56 Å². The van der Waals surface area contributed by atoms with Gasteiger partial charge in [0.1, 0.15) is 5.82 Å². The molecule has 0 radical (unpaired) electrons. The number of hydrogen-bond donors (Lipinski definition) is 1. The average molecular weight is 321 g/mol. The lowest BCUT2D eigenvalue weighted by Crippen LogP contribution is -2.21. The summed E-state index contributed by atoms with van der Waals surface area (Å²) in [6.07, 6.45) is -0.455. The fourth-order valence-electron chi connectivity index (χ4n) is 2.28. The lowest BCUT2D eigenvalue weighted by Gasteiger charge is -2.10. The highest BCUT2D eigenvalue weighted by atomic mass is 19.1. The van der Waals surface area contributed by atoms with Gasteiger partial charge in [-0.3, -0.25) is 14.9 Å². The second-order valence-corrected chi connectivity index (χ2v) is 5.06. The summed E-state index contributed by atoms with van der Waals surface area (Å²) in [5, 5.41) is 2.98. The van der Waals surface area contributed by atoms with Gasteiger partial charge in [0.15, 0.2) is 6.29 Å². The molecule has 0 bridgehead atoms. The summed E-state index contributed by atoms with van der Waals surface area (Å²) < 4.78 is 24.5. The molecular weight excluding hydrogens is 301 g/mol. The van der Waals surface area contributed by atoms with Crippen LogP contribution in [0.5, 0.6) is 0 Å². The summed E-state index contributed by atoms with van der Waals surface area (Å²) in [5.41, 5.74) is 2.09. The monoisotopic (exact) mass is 321 g/mol. The number of hydrogen-bond acceptors (Lipinski definition) is 4. The van der Waals surface area contributed by atoms with Crippen molar-refractivity contribution in [2.24, 2.45) is 4.99 Å². The molecule has 1 aromatic heterocycles. The van der Waals surface area contributed by atoms with Gasteiger partial charge in [0, 0.05) is 25.6 Å². The Morgan fingerprint density at radius 2 is 1.91 bits per heavy atom. The molecule has 0 atom stereocenters. The highest BCUT2D eigenvalue weighted by molar-refractivity contribution is 5.99. The molecule has 0 aliphatic carbocycles. The van der Waals surface area contributed by atoms with Crippen LogP contribution in [0.25, 0.3) is 5.69 Å². The van der Waals surface area contributed by atoms with Crippen LogP contribution in [0.15, 0.2) is 34.1 Å². The van der Waals surface area contributed by atoms with Gasteiger partial charge in [-0.25, -0.2) is 9.07 Å². The first-order valence-corrected chi connectivity index (χ1v) is 7.12. The van der Waals surface area contributed by atoms with E-state index in [0.29, 0.717) is 29.2 Å². The van der Waals surface area contributed by atoms with Gasteiger partial charge in [-0.05, 0) is 38.1 Å². The van der Waals surface area contributed by atoms with E-state index in [2.05, 4.69) is 10.1 Å². The molecule has 0 saturated carbocycles. The Morgan fingerprint density at radius 3 is 2.48 bits per heavy atom. The molecule has 124 valence electrons. The number of aliphatic imine (C=N–C) groups is 1. The van der Waals surface area contributed by atoms with Gasteiger partial charge in [-0.2, -0.15) is 0 Å². The smallest absolute Gasteiger partial charge is 0.280 e. The Balaban J connectivity index is 2.36. The maximum atomic E-state index is 13.0. The fourth-order valence-corrected chi connectivity index (χ4v) is 2.28. The van der Waals surface area contributed by atoms with E-state index in [1.54, 1.807) is 13.8 Å². The minimum atomic E-state index is -0.455. The number of nitrogens with zero attached hydrogens (tertiary/aromatic N) is 2. The summed E-state index contributed by atoms with van der Waals surface area (Å²) in [4.78, 5) is 16.9. The predicted molar refractivity (Wildman–Crippen MR) is 86.0 cm³/mol. The van der Waals surface area contributed by atoms with E-state index in [0.717, 1.165) is 0 Å². The summed E-state index contributed by atoms with van der Waals surface area (Å²) in [7, 11) is 3.06. The van der Waals surface area contributed by atoms with Crippen LogP contribution in [0.1, 0.15) is 18.2 Å². The largest absolute Gasteiger partial charge is 0.354 e. The minimum Gasteiger partial charge on any atom is -0.354 e. The molecule has 0 aliphatic heterocycles. The first-order valence-electron chi connectivity index (χ1n) is 7.12. The fraction of sp³-hybridized carbons (Fsp3) is 0.375. The second-order valence-electron chi connectivity index (χ2n) is 5.06. The van der Waals surface area contributed by atoms with Crippen LogP contribution in [0.3, 0.4) is 0 Å². The van der Waals surface area contributed by atoms with Crippen LogP contribution >= 0.6 is 0 Å². The number of aromatic amines is 1. The lowest BCUT2D eigenvalue weighted by molar-refractivity contribution is -0.0936. The van der Waals surface area contributed by atoms with Crippen molar-refractivity contribution in [1.29, 1.82) is 0 Å². The van der Waals surface area contributed by atoms with Crippen molar-refractivity contribution >= 4 is 5.71 Å². The summed E-state index contributed by atoms with van der Waals surface area (Å²) >= 11 is 0. The van der Waals surface area contributed by atoms with Gasteiger partial charge in [0.2, 0.25) is 0 Å². The van der Waals surface area contributed by atoms with Gasteiger partial charge in [-0.15, -0.1) is 0 Å². The standard InChI is InChI=1S/C16H20FN3O3/c1-10(18-9-14(22-3)23-4)15-11(2)19-20(16(15)21)13-7-5-12(17)6-8-13/h5-8,14,19H,9H2,1-4H3. The van der Waals surface area contributed by atoms with Gasteiger partial charge in [-0.1, -0.05) is 0 Å². The lowest BCUT2D eigenvalue weighted by atomic mass is 10.2. The number of ether oxygens (including phenoxy) is 2. The molecular formula is C16H20FN3O3. The number of benzene rings is 1. The van der Waals surface area contributed by atoms with Crippen molar-refractivity contribution in [3.8, 4) is 5.69 Å². The van der Waals surface area contributed by atoms with Crippen molar-refractivity contribution in [3.63, 3.8) is 0 Å². The third-order valence-corrected chi connectivity index (χ3v) is 3.52. The van der Waals surface area contributed by atoms with Crippen LogP contribution in [0.2, 0.25) is 0 Å². The Labute approximate surface area is 133 Å². The van der Waals surface area contributed by atoms with Crippen LogP contribution < -0.4 is 5.56 Å². The molecule has 1 heterocycles. The van der Waals surface area contributed by atoms with E-state index in [4.69, 9.17) is 9.47 Å². The van der Waals surface area contributed by atoms with E-state index in [1.165, 1.54) is 43.2 Å². The maximum Gasteiger partial charge on any atom is 0.280 e. The average Bonchev–Trinajstić information content (AvgIpc) is 2.83. The Bertz CT molecular complexity index is 743. The van der Waals surface area contributed by atoms with E-state index in [1.807, 2.05) is 0 Å². The van der Waals surface area contributed by atoms with Gasteiger partial charge in [0.05, 0.1) is 17.8 Å². The summed E-state index contributed by atoms with van der Waals surface area (Å²) in [5.74, 6) is -0.354. The molecule has 1 N–H and O–H groups in total. The molecule has 0 spiro atoms. The Morgan fingerprint density at radius 1 is 1.30 bits per heavy atom. The molecule has 2 rings (SSSR count). The normalized spacial score (nSPS) is 12.2. The number of aromatic nitrogens is 2. The number of H-pyrrole nitrogens is 1. The molecule has 7 heteroatoms. The zero-order chi connectivity index (χ0) is 17.0. The van der Waals surface area contributed by atoms with Crippen LogP contribution in [0, 0.1) is 12.7 Å². The zero-order valence-corrected chi connectivity index (χ0v) is 13.6. The molecule has 0 fully saturated rings. The van der Waals surface area contributed by atoms with Crippen LogP contribution in [0.4, 0.5) is 4.39 Å². The Kier molecular flexibility index (Phi) is 5.46. The van der Waals surface area contributed by atoms with E-state index >= 15 is 0 Å². The molecule has 23 heavy (non-hydrogen) atoms. The first-order chi connectivity index (χ1) is 11.0. The van der Waals surface area contributed by atoms with Gasteiger partial charge < -0.3 is 9.47 Å². The molecule has 1 aromatic carbocycles. The quantitative estimate of drug-likeness (QED) is 0.654. The van der Waals surface area contributed by atoms with E-state index < -0.39 is 6.29 Å². The number of methoxy groups -OCH3 is 2. The van der Waals surface area contributed by atoms with Crippen LogP contribution in [-0.2, 0) is 9.47 Å². The number of rotatable bonds is 6. The highest BCUT2D eigenvalue weighted by Crippen LogP contribution is 2.09. The van der Waals surface area contributed by atoms with E-state index in [9.17, 15) is 9.18 Å².